The van der Waals surface area contributed by atoms with Crippen molar-refractivity contribution in [2.75, 3.05) is 5.75 Å². The van der Waals surface area contributed by atoms with E-state index in [9.17, 15) is 0 Å². The highest BCUT2D eigenvalue weighted by molar-refractivity contribution is 8.01. The summed E-state index contributed by atoms with van der Waals surface area (Å²) >= 11 is 1.91. The summed E-state index contributed by atoms with van der Waals surface area (Å²) in [6.45, 7) is 0. The lowest BCUT2D eigenvalue weighted by Gasteiger charge is -2.32. The van der Waals surface area contributed by atoms with E-state index < -0.39 is 0 Å². The molecule has 1 aliphatic heterocycles. The topological polar surface area (TPSA) is 38.9 Å². The fourth-order valence-electron chi connectivity index (χ4n) is 1.20. The molecule has 1 saturated heterocycles. The number of aromatic nitrogens is 1. The number of hydrogen-bond acceptors (Lipinski definition) is 3. The van der Waals surface area contributed by atoms with Crippen LogP contribution in [0.25, 0.3) is 0 Å². The maximum atomic E-state index is 5.81. The number of nitrogens with two attached hydrogens (primary N) is 1. The Kier molecular flexibility index (Phi) is 1.84. The maximum Gasteiger partial charge on any atom is 0.0458 e. The zero-order valence-corrected chi connectivity index (χ0v) is 6.92. The molecule has 0 radical (unpaired) electrons. The van der Waals surface area contributed by atoms with Crippen LogP contribution >= 0.6 is 11.8 Å². The molecule has 0 amide bonds. The second-order valence-corrected chi connectivity index (χ2v) is 3.87. The molecule has 2 N–H and O–H groups in total. The Bertz CT molecular complexity index is 237. The predicted octanol–water partition coefficient (Wildman–Crippen LogP) is 1.20. The first-order chi connectivity index (χ1) is 5.38. The normalized spacial score (nSPS) is 29.5. The van der Waals surface area contributed by atoms with Crippen LogP contribution in [0.5, 0.6) is 0 Å². The van der Waals surface area contributed by atoms with Gasteiger partial charge in [0, 0.05) is 29.4 Å². The highest BCUT2D eigenvalue weighted by atomic mass is 32.2. The predicted molar refractivity (Wildman–Crippen MR) is 47.4 cm³/mol. The Morgan fingerprint density at radius 3 is 2.64 bits per heavy atom. The second-order valence-electron chi connectivity index (χ2n) is 2.70. The van der Waals surface area contributed by atoms with Gasteiger partial charge < -0.3 is 5.73 Å². The average molecular weight is 166 g/mol. The summed E-state index contributed by atoms with van der Waals surface area (Å²) in [5.41, 5.74) is 7.12. The molecule has 0 aromatic carbocycles. The van der Waals surface area contributed by atoms with E-state index in [4.69, 9.17) is 5.73 Å². The number of thioether (sulfide) groups is 1. The minimum atomic E-state index is 0.349. The lowest BCUT2D eigenvalue weighted by Crippen LogP contribution is -2.37. The summed E-state index contributed by atoms with van der Waals surface area (Å²) in [6, 6.07) is 4.43. The Morgan fingerprint density at radius 1 is 1.45 bits per heavy atom. The minimum Gasteiger partial charge on any atom is -0.326 e. The van der Waals surface area contributed by atoms with E-state index in [0.717, 1.165) is 5.75 Å². The van der Waals surface area contributed by atoms with E-state index in [2.05, 4.69) is 4.98 Å². The van der Waals surface area contributed by atoms with Crippen LogP contribution in [0.15, 0.2) is 24.5 Å². The summed E-state index contributed by atoms with van der Waals surface area (Å²) in [6.07, 6.45) is 3.64. The molecule has 2 heterocycles. The lowest BCUT2D eigenvalue weighted by molar-refractivity contribution is 0.686. The van der Waals surface area contributed by atoms with Gasteiger partial charge in [-0.2, -0.15) is 11.8 Å². The molecule has 1 aromatic rings. The minimum absolute atomic E-state index is 0.349. The first kappa shape index (κ1) is 7.13. The summed E-state index contributed by atoms with van der Waals surface area (Å²) in [5.74, 6) is 1.09. The fourth-order valence-corrected chi connectivity index (χ4v) is 2.16. The van der Waals surface area contributed by atoms with Gasteiger partial charge in [0.1, 0.15) is 0 Å². The van der Waals surface area contributed by atoms with Crippen LogP contribution in [0.4, 0.5) is 0 Å². The van der Waals surface area contributed by atoms with Crippen LogP contribution in [0.2, 0.25) is 0 Å². The third-order valence-corrected chi connectivity index (χ3v) is 3.45. The Hall–Kier alpha value is -0.540. The molecule has 0 spiro atoms. The van der Waals surface area contributed by atoms with Gasteiger partial charge in [-0.3, -0.25) is 4.98 Å². The van der Waals surface area contributed by atoms with Crippen LogP contribution in [0.3, 0.4) is 0 Å². The lowest BCUT2D eigenvalue weighted by atomic mass is 10.1. The molecule has 11 heavy (non-hydrogen) atoms. The average Bonchev–Trinajstić information content (AvgIpc) is 2.04. The van der Waals surface area contributed by atoms with Crippen molar-refractivity contribution in [1.82, 2.24) is 4.98 Å². The molecule has 1 aromatic heterocycles. The molecule has 3 heteroatoms. The Balaban J connectivity index is 2.17. The van der Waals surface area contributed by atoms with Gasteiger partial charge in [-0.25, -0.2) is 0 Å². The molecular formula is C8H10N2S. The molecular weight excluding hydrogens is 156 g/mol. The van der Waals surface area contributed by atoms with Gasteiger partial charge in [0.25, 0.3) is 0 Å². The molecule has 0 bridgehead atoms. The van der Waals surface area contributed by atoms with Gasteiger partial charge >= 0.3 is 0 Å². The van der Waals surface area contributed by atoms with E-state index >= 15 is 0 Å². The SMILES string of the molecule is NC1CSC1c1ccncc1. The summed E-state index contributed by atoms with van der Waals surface area (Å²) < 4.78 is 0. The van der Waals surface area contributed by atoms with Gasteiger partial charge in [0.2, 0.25) is 0 Å². The van der Waals surface area contributed by atoms with E-state index in [-0.39, 0.29) is 0 Å². The molecule has 1 aliphatic rings. The molecule has 0 aliphatic carbocycles. The first-order valence-corrected chi connectivity index (χ1v) is 4.70. The van der Waals surface area contributed by atoms with Crippen molar-refractivity contribution in [2.24, 2.45) is 5.73 Å². The third kappa shape index (κ3) is 1.26. The molecule has 1 fully saturated rings. The molecule has 2 atom stereocenters. The van der Waals surface area contributed by atoms with Gasteiger partial charge in [-0.15, -0.1) is 0 Å². The van der Waals surface area contributed by atoms with E-state index in [1.807, 2.05) is 36.3 Å². The second kappa shape index (κ2) is 2.83. The van der Waals surface area contributed by atoms with Crippen molar-refractivity contribution >= 4 is 11.8 Å². The zero-order chi connectivity index (χ0) is 7.68. The molecule has 2 rings (SSSR count). The van der Waals surface area contributed by atoms with Gasteiger partial charge in [0.15, 0.2) is 0 Å². The number of pyridine rings is 1. The molecule has 2 unspecified atom stereocenters. The van der Waals surface area contributed by atoms with Gasteiger partial charge in [-0.05, 0) is 17.7 Å². The van der Waals surface area contributed by atoms with Crippen molar-refractivity contribution in [3.8, 4) is 0 Å². The van der Waals surface area contributed by atoms with Crippen molar-refractivity contribution in [3.05, 3.63) is 30.1 Å². The quantitative estimate of drug-likeness (QED) is 0.681. The smallest absolute Gasteiger partial charge is 0.0458 e. The van der Waals surface area contributed by atoms with Crippen molar-refractivity contribution in [2.45, 2.75) is 11.3 Å². The first-order valence-electron chi connectivity index (χ1n) is 3.65. The van der Waals surface area contributed by atoms with E-state index in [0.29, 0.717) is 11.3 Å². The highest BCUT2D eigenvalue weighted by Gasteiger charge is 2.29. The third-order valence-electron chi connectivity index (χ3n) is 1.89. The van der Waals surface area contributed by atoms with Crippen LogP contribution in [-0.2, 0) is 0 Å². The van der Waals surface area contributed by atoms with Crippen molar-refractivity contribution in [1.29, 1.82) is 0 Å². The largest absolute Gasteiger partial charge is 0.326 e. The van der Waals surface area contributed by atoms with Gasteiger partial charge in [-0.1, -0.05) is 0 Å². The van der Waals surface area contributed by atoms with Crippen molar-refractivity contribution < 1.29 is 0 Å². The number of nitrogens with zero attached hydrogens (tertiary/aromatic N) is 1. The van der Waals surface area contributed by atoms with Gasteiger partial charge in [0.05, 0.1) is 0 Å². The van der Waals surface area contributed by atoms with Crippen molar-refractivity contribution in [3.63, 3.8) is 0 Å². The zero-order valence-electron chi connectivity index (χ0n) is 6.10. The summed E-state index contributed by atoms with van der Waals surface area (Å²) in [7, 11) is 0. The van der Waals surface area contributed by atoms with E-state index in [1.54, 1.807) is 0 Å². The highest BCUT2D eigenvalue weighted by Crippen LogP contribution is 2.40. The summed E-state index contributed by atoms with van der Waals surface area (Å²) in [5, 5.41) is 0.512. The van der Waals surface area contributed by atoms with E-state index in [1.165, 1.54) is 5.56 Å². The maximum absolute atomic E-state index is 5.81. The standard InChI is InChI=1S/C8H10N2S/c9-7-5-11-8(7)6-1-3-10-4-2-6/h1-4,7-8H,5,9H2. The molecule has 0 saturated carbocycles. The van der Waals surface area contributed by atoms with Crippen LogP contribution < -0.4 is 5.73 Å². The fraction of sp³-hybridized carbons (Fsp3) is 0.375. The number of hydrogen-bond donors (Lipinski definition) is 1. The number of rotatable bonds is 1. The Morgan fingerprint density at radius 2 is 2.18 bits per heavy atom. The van der Waals surface area contributed by atoms with Crippen LogP contribution in [-0.4, -0.2) is 16.8 Å². The molecule has 2 nitrogen and oxygen atoms in total. The van der Waals surface area contributed by atoms with Crippen LogP contribution in [0, 0.1) is 0 Å². The van der Waals surface area contributed by atoms with Crippen LogP contribution in [0.1, 0.15) is 10.8 Å². The monoisotopic (exact) mass is 166 g/mol. The summed E-state index contributed by atoms with van der Waals surface area (Å²) in [4.78, 5) is 3.96. The Labute approximate surface area is 70.2 Å². The molecule has 58 valence electrons.